The van der Waals surface area contributed by atoms with Crippen LogP contribution in [-0.4, -0.2) is 30.9 Å². The Kier molecular flexibility index (Phi) is 6.27. The second-order valence-electron chi connectivity index (χ2n) is 9.47. The van der Waals surface area contributed by atoms with E-state index in [9.17, 15) is 4.79 Å². The smallest absolute Gasteiger partial charge is 0.202 e. The minimum Gasteiger partial charge on any atom is -0.491 e. The van der Waals surface area contributed by atoms with Crippen molar-refractivity contribution < 1.29 is 19.0 Å². The van der Waals surface area contributed by atoms with Crippen molar-refractivity contribution in [3.63, 3.8) is 0 Å². The van der Waals surface area contributed by atoms with Crippen LogP contribution in [0.2, 0.25) is 0 Å². The van der Waals surface area contributed by atoms with E-state index in [0.29, 0.717) is 24.5 Å². The molecule has 3 aromatic carbocycles. The quantitative estimate of drug-likeness (QED) is 0.480. The van der Waals surface area contributed by atoms with Gasteiger partial charge in [-0.2, -0.15) is 0 Å². The van der Waals surface area contributed by atoms with E-state index in [4.69, 9.17) is 19.0 Å². The monoisotopic (exact) mass is 487 g/mol. The highest BCUT2D eigenvalue weighted by Crippen LogP contribution is 2.51. The number of hydrogen-bond acceptors (Lipinski definition) is 5. The average Bonchev–Trinajstić information content (AvgIpc) is 3.17. The van der Waals surface area contributed by atoms with Crippen LogP contribution < -0.4 is 15.9 Å². The summed E-state index contributed by atoms with van der Waals surface area (Å²) in [5.74, 6) is -0.539. The Morgan fingerprint density at radius 2 is 1.29 bits per heavy atom. The number of benzene rings is 3. The van der Waals surface area contributed by atoms with Gasteiger partial charge in [-0.05, 0) is 13.8 Å². The predicted octanol–water partition coefficient (Wildman–Crippen LogP) is 4.91. The van der Waals surface area contributed by atoms with Crippen LogP contribution in [0.25, 0.3) is 0 Å². The molecule has 1 aliphatic carbocycles. The van der Waals surface area contributed by atoms with Gasteiger partial charge in [-0.15, -0.1) is 0 Å². The van der Waals surface area contributed by atoms with Gasteiger partial charge in [-0.25, -0.2) is 0 Å². The third kappa shape index (κ3) is 4.40. The Morgan fingerprint density at radius 1 is 0.800 bits per heavy atom. The largest absolute Gasteiger partial charge is 0.491 e. The fraction of sp³-hybridized carbons (Fsp3) is 0.276. The number of allylic oxidation sites excluding steroid dienone is 1. The van der Waals surface area contributed by atoms with E-state index in [-0.39, 0.29) is 12.2 Å². The Hall–Kier alpha value is -2.98. The standard InChI is InChI=1S/C29H30NO4P/c1-28(2)33-21-29(34-28)19-25(27(32-3)26(31)20-29)30-35(22-13-7-4-8-14-22,23-15-9-5-10-16-23)24-17-11-6-12-18-24/h4-18H,19-21H2,1-3H3/t29-/m0/s1. The maximum atomic E-state index is 13.3. The minimum atomic E-state index is -2.55. The van der Waals surface area contributed by atoms with Crippen molar-refractivity contribution in [3.05, 3.63) is 102 Å². The lowest BCUT2D eigenvalue weighted by atomic mass is 9.86. The van der Waals surface area contributed by atoms with Gasteiger partial charge in [-0.3, -0.25) is 9.54 Å². The Morgan fingerprint density at radius 3 is 1.69 bits per heavy atom. The fourth-order valence-corrected chi connectivity index (χ4v) is 8.66. The molecule has 0 radical (unpaired) electrons. The molecule has 0 bridgehead atoms. The summed E-state index contributed by atoms with van der Waals surface area (Å²) >= 11 is 0. The van der Waals surface area contributed by atoms with Crippen LogP contribution in [0.1, 0.15) is 26.7 Å². The van der Waals surface area contributed by atoms with Gasteiger partial charge in [0.05, 0.1) is 26.5 Å². The van der Waals surface area contributed by atoms with Gasteiger partial charge in [0.15, 0.2) is 11.5 Å². The van der Waals surface area contributed by atoms with Gasteiger partial charge in [-0.1, -0.05) is 91.0 Å². The fourth-order valence-electron chi connectivity index (χ4n) is 5.09. The second kappa shape index (κ2) is 9.23. The molecule has 35 heavy (non-hydrogen) atoms. The highest BCUT2D eigenvalue weighted by molar-refractivity contribution is 7.87. The molecular weight excluding hydrogens is 457 g/mol. The maximum Gasteiger partial charge on any atom is 0.202 e. The van der Waals surface area contributed by atoms with E-state index in [1.807, 2.05) is 68.4 Å². The zero-order chi connectivity index (χ0) is 24.5. The second-order valence-corrected chi connectivity index (χ2v) is 12.5. The Bertz CT molecular complexity index is 1200. The van der Waals surface area contributed by atoms with Gasteiger partial charge in [0.2, 0.25) is 5.78 Å². The number of carbonyl (C=O) groups excluding carboxylic acids is 1. The molecule has 1 spiro atoms. The topological polar surface area (TPSA) is 57.1 Å². The molecule has 0 N–H and O–H groups in total. The molecule has 0 amide bonds. The lowest BCUT2D eigenvalue weighted by Gasteiger charge is -2.34. The predicted molar refractivity (Wildman–Crippen MR) is 140 cm³/mol. The van der Waals surface area contributed by atoms with Crippen LogP contribution in [0.15, 0.2) is 107 Å². The van der Waals surface area contributed by atoms with E-state index >= 15 is 0 Å². The normalized spacial score (nSPS) is 21.9. The average molecular weight is 488 g/mol. The van der Waals surface area contributed by atoms with Crippen LogP contribution in [0.5, 0.6) is 0 Å². The van der Waals surface area contributed by atoms with Gasteiger partial charge < -0.3 is 14.2 Å². The van der Waals surface area contributed by atoms with E-state index in [0.717, 1.165) is 15.9 Å². The van der Waals surface area contributed by atoms with Crippen molar-refractivity contribution in [2.75, 3.05) is 13.7 Å². The van der Waals surface area contributed by atoms with Crippen molar-refractivity contribution in [1.29, 1.82) is 0 Å². The van der Waals surface area contributed by atoms with Crippen molar-refractivity contribution in [2.24, 2.45) is 4.74 Å². The van der Waals surface area contributed by atoms with Gasteiger partial charge in [0.1, 0.15) is 5.60 Å². The first-order chi connectivity index (χ1) is 16.9. The summed E-state index contributed by atoms with van der Waals surface area (Å²) in [7, 11) is -1.00. The highest BCUT2D eigenvalue weighted by atomic mass is 31.2. The molecule has 1 aliphatic heterocycles. The summed E-state index contributed by atoms with van der Waals surface area (Å²) in [6.45, 7) is 4.11. The first-order valence-electron chi connectivity index (χ1n) is 11.8. The number of methoxy groups -OCH3 is 1. The number of rotatable bonds is 5. The molecule has 5 rings (SSSR count). The molecule has 1 fully saturated rings. The molecule has 3 aromatic rings. The van der Waals surface area contributed by atoms with Crippen LogP contribution in [0.3, 0.4) is 0 Å². The summed E-state index contributed by atoms with van der Waals surface area (Å²) in [6, 6.07) is 31.1. The van der Waals surface area contributed by atoms with Gasteiger partial charge in [0, 0.05) is 28.8 Å². The number of carbonyl (C=O) groups is 1. The molecule has 0 saturated carbocycles. The van der Waals surface area contributed by atoms with Crippen molar-refractivity contribution in [1.82, 2.24) is 0 Å². The lowest BCUT2D eigenvalue weighted by molar-refractivity contribution is -0.166. The molecule has 1 atom stereocenters. The van der Waals surface area contributed by atoms with Crippen LogP contribution >= 0.6 is 7.05 Å². The molecule has 0 unspecified atom stereocenters. The van der Waals surface area contributed by atoms with E-state index < -0.39 is 18.4 Å². The zero-order valence-electron chi connectivity index (χ0n) is 20.3. The van der Waals surface area contributed by atoms with E-state index in [1.165, 1.54) is 0 Å². The molecule has 1 saturated heterocycles. The van der Waals surface area contributed by atoms with Crippen molar-refractivity contribution >= 4 is 28.8 Å². The van der Waals surface area contributed by atoms with Crippen molar-refractivity contribution in [3.8, 4) is 0 Å². The summed E-state index contributed by atoms with van der Waals surface area (Å²) in [6.07, 6.45) is 0.658. The molecular formula is C29H30NO4P. The Balaban J connectivity index is 1.82. The first-order valence-corrected chi connectivity index (χ1v) is 13.6. The molecule has 2 aliphatic rings. The maximum absolute atomic E-state index is 13.3. The summed E-state index contributed by atoms with van der Waals surface area (Å²) in [5, 5.41) is 3.32. The van der Waals surface area contributed by atoms with Crippen molar-refractivity contribution in [2.45, 2.75) is 38.1 Å². The number of hydrogen-bond donors (Lipinski definition) is 0. The number of ketones is 1. The summed E-state index contributed by atoms with van der Waals surface area (Å²) in [5.41, 5.74) is -0.115. The summed E-state index contributed by atoms with van der Waals surface area (Å²) in [4.78, 5) is 13.3. The molecule has 180 valence electrons. The van der Waals surface area contributed by atoms with Crippen LogP contribution in [-0.2, 0) is 19.0 Å². The lowest BCUT2D eigenvalue weighted by Crippen LogP contribution is -2.41. The number of Topliss-reactive ketones (excluding diaryl/α,β-unsaturated/α-hetero) is 1. The highest BCUT2D eigenvalue weighted by Gasteiger charge is 2.51. The van der Waals surface area contributed by atoms with Gasteiger partial charge >= 0.3 is 0 Å². The zero-order valence-corrected chi connectivity index (χ0v) is 21.2. The van der Waals surface area contributed by atoms with Gasteiger partial charge in [0.25, 0.3) is 0 Å². The molecule has 5 nitrogen and oxygen atoms in total. The SMILES string of the molecule is COC1=C(N=P(c2ccccc2)(c2ccccc2)c2ccccc2)C[C@@]2(COC(C)(C)O2)CC1=O. The third-order valence-electron chi connectivity index (χ3n) is 6.50. The first kappa shape index (κ1) is 23.7. The molecule has 0 aromatic heterocycles. The van der Waals surface area contributed by atoms with Crippen LogP contribution in [0, 0.1) is 0 Å². The minimum absolute atomic E-state index is 0.105. The number of nitrogens with zero attached hydrogens (tertiary/aromatic N) is 1. The molecule has 6 heteroatoms. The third-order valence-corrected chi connectivity index (χ3v) is 10.2. The number of ether oxygens (including phenoxy) is 3. The molecule has 1 heterocycles. The van der Waals surface area contributed by atoms with E-state index in [2.05, 4.69) is 36.4 Å². The summed E-state index contributed by atoms with van der Waals surface area (Å²) < 4.78 is 23.5. The Labute approximate surface area is 206 Å². The van der Waals surface area contributed by atoms with Crippen LogP contribution in [0.4, 0.5) is 0 Å². The van der Waals surface area contributed by atoms with E-state index in [1.54, 1.807) is 7.11 Å².